The number of unbranched alkanes of at least 4 members (excludes halogenated alkanes) is 1. The van der Waals surface area contributed by atoms with E-state index in [1.54, 1.807) is 0 Å². The number of rotatable bonds is 3. The van der Waals surface area contributed by atoms with Crippen molar-refractivity contribution in [1.82, 2.24) is 4.90 Å². The lowest BCUT2D eigenvalue weighted by atomic mass is 9.59. The van der Waals surface area contributed by atoms with Gasteiger partial charge in [-0.05, 0) is 66.9 Å². The fourth-order valence-electron chi connectivity index (χ4n) is 4.36. The molecule has 2 heteroatoms. The molecule has 1 saturated heterocycles. The third-order valence-electron chi connectivity index (χ3n) is 5.87. The molecule has 3 rings (SSSR count). The van der Waals surface area contributed by atoms with Crippen LogP contribution in [0.25, 0.3) is 0 Å². The van der Waals surface area contributed by atoms with E-state index in [2.05, 4.69) is 30.7 Å². The minimum Gasteiger partial charge on any atom is -0.508 e. The number of likely N-dealkylation sites (tertiary alicyclic amines) is 1. The summed E-state index contributed by atoms with van der Waals surface area (Å²) in [6, 6.07) is 6.55. The molecule has 0 radical (unpaired) electrons. The lowest BCUT2D eigenvalue weighted by Crippen LogP contribution is -2.58. The first kappa shape index (κ1) is 14.5. The van der Waals surface area contributed by atoms with E-state index < -0.39 is 0 Å². The van der Waals surface area contributed by atoms with Crippen LogP contribution in [0.3, 0.4) is 0 Å². The van der Waals surface area contributed by atoms with Crippen LogP contribution in [0, 0.1) is 18.3 Å². The second-order valence-corrected chi connectivity index (χ2v) is 6.91. The fraction of sp³-hybridized carbons (Fsp3) is 0.579. The summed E-state index contributed by atoms with van der Waals surface area (Å²) in [4.78, 5) is 2.64. The highest BCUT2D eigenvalue weighted by Crippen LogP contribution is 2.49. The second-order valence-electron chi connectivity index (χ2n) is 6.91. The van der Waals surface area contributed by atoms with Gasteiger partial charge in [0, 0.05) is 12.5 Å². The minimum absolute atomic E-state index is 0.194. The van der Waals surface area contributed by atoms with Crippen molar-refractivity contribution < 1.29 is 5.11 Å². The van der Waals surface area contributed by atoms with Gasteiger partial charge >= 0.3 is 0 Å². The lowest BCUT2D eigenvalue weighted by molar-refractivity contribution is 0.0309. The Morgan fingerprint density at radius 3 is 3.05 bits per heavy atom. The van der Waals surface area contributed by atoms with Crippen LogP contribution in [0.1, 0.15) is 44.2 Å². The molecule has 1 aromatic rings. The van der Waals surface area contributed by atoms with Crippen molar-refractivity contribution in [3.05, 3.63) is 29.3 Å². The zero-order valence-corrected chi connectivity index (χ0v) is 13.1. The summed E-state index contributed by atoms with van der Waals surface area (Å²) < 4.78 is 0. The van der Waals surface area contributed by atoms with Gasteiger partial charge < -0.3 is 5.11 Å². The molecular formula is C19H25NO. The maximum atomic E-state index is 9.85. The van der Waals surface area contributed by atoms with Crippen LogP contribution in [0.4, 0.5) is 0 Å². The first-order chi connectivity index (χ1) is 10.1. The summed E-state index contributed by atoms with van der Waals surface area (Å²) in [6.45, 7) is 7.01. The van der Waals surface area contributed by atoms with E-state index >= 15 is 0 Å². The first-order valence-corrected chi connectivity index (χ1v) is 8.06. The van der Waals surface area contributed by atoms with E-state index in [0.29, 0.717) is 17.7 Å². The van der Waals surface area contributed by atoms with Crippen LogP contribution in [-0.4, -0.2) is 29.1 Å². The van der Waals surface area contributed by atoms with Crippen molar-refractivity contribution in [3.8, 4) is 18.1 Å². The molecule has 1 aliphatic heterocycles. The molecule has 1 N–H and O–H groups in total. The molecule has 2 aliphatic rings. The Hall–Kier alpha value is -1.46. The Kier molecular flexibility index (Phi) is 3.71. The number of terminal acetylenes is 1. The maximum Gasteiger partial charge on any atom is 0.115 e. The molecule has 0 aromatic heterocycles. The van der Waals surface area contributed by atoms with Crippen molar-refractivity contribution >= 4 is 0 Å². The van der Waals surface area contributed by atoms with Gasteiger partial charge in [0.25, 0.3) is 0 Å². The van der Waals surface area contributed by atoms with Gasteiger partial charge in [0.15, 0.2) is 0 Å². The van der Waals surface area contributed by atoms with E-state index in [9.17, 15) is 5.11 Å². The number of phenolic OH excluding ortho intramolecular Hbond substituents is 1. The van der Waals surface area contributed by atoms with Crippen molar-refractivity contribution in [3.63, 3.8) is 0 Å². The molecule has 0 saturated carbocycles. The van der Waals surface area contributed by atoms with Crippen molar-refractivity contribution in [2.24, 2.45) is 5.92 Å². The monoisotopic (exact) mass is 283 g/mol. The molecule has 21 heavy (non-hydrogen) atoms. The Morgan fingerprint density at radius 1 is 1.48 bits per heavy atom. The van der Waals surface area contributed by atoms with E-state index in [1.807, 2.05) is 12.1 Å². The highest BCUT2D eigenvalue weighted by atomic mass is 16.3. The summed E-state index contributed by atoms with van der Waals surface area (Å²) in [5.74, 6) is 3.77. The number of hydrogen-bond acceptors (Lipinski definition) is 2. The zero-order chi connectivity index (χ0) is 15.0. The summed E-state index contributed by atoms with van der Waals surface area (Å²) in [6.07, 6.45) is 9.61. The summed E-state index contributed by atoms with van der Waals surface area (Å²) in [5, 5.41) is 9.85. The third kappa shape index (κ3) is 2.34. The average molecular weight is 283 g/mol. The Bertz CT molecular complexity index is 573. The standard InChI is InChI=1S/C19H25NO/c1-4-5-6-10-20-11-9-19(3)14(2)18(20)12-15-7-8-16(21)13-17(15)19/h1,7-8,13-14,18,21H,5-6,9-12H2,2-3H3/t14-,18+,19+/m0/s1. The van der Waals surface area contributed by atoms with Crippen LogP contribution in [0.5, 0.6) is 5.75 Å². The number of benzene rings is 1. The van der Waals surface area contributed by atoms with Gasteiger partial charge in [-0.25, -0.2) is 0 Å². The highest BCUT2D eigenvalue weighted by Gasteiger charge is 2.48. The predicted octanol–water partition coefficient (Wildman–Crippen LogP) is 3.33. The second kappa shape index (κ2) is 5.39. The fourth-order valence-corrected chi connectivity index (χ4v) is 4.36. The number of nitrogens with zero attached hydrogens (tertiary/aromatic N) is 1. The third-order valence-corrected chi connectivity index (χ3v) is 5.87. The number of fused-ring (bicyclic) bond motifs is 4. The molecular weight excluding hydrogens is 258 g/mol. The lowest BCUT2D eigenvalue weighted by Gasteiger charge is -2.54. The number of hydrogen-bond donors (Lipinski definition) is 1. The smallest absolute Gasteiger partial charge is 0.115 e. The minimum atomic E-state index is 0.194. The molecule has 0 amide bonds. The quantitative estimate of drug-likeness (QED) is 0.679. The van der Waals surface area contributed by atoms with E-state index in [0.717, 1.165) is 38.8 Å². The summed E-state index contributed by atoms with van der Waals surface area (Å²) >= 11 is 0. The van der Waals surface area contributed by atoms with Crippen LogP contribution in [0.15, 0.2) is 18.2 Å². The zero-order valence-electron chi connectivity index (χ0n) is 13.1. The van der Waals surface area contributed by atoms with Crippen LogP contribution in [0.2, 0.25) is 0 Å². The van der Waals surface area contributed by atoms with Gasteiger partial charge in [0.2, 0.25) is 0 Å². The van der Waals surface area contributed by atoms with Crippen LogP contribution >= 0.6 is 0 Å². The van der Waals surface area contributed by atoms with Gasteiger partial charge in [-0.15, -0.1) is 12.3 Å². The SMILES string of the molecule is C#CCCCN1CC[C@@]2(C)c3cc(O)ccc3C[C@@H]1[C@@H]2C. The van der Waals surface area contributed by atoms with Gasteiger partial charge in [0.05, 0.1) is 0 Å². The molecule has 1 heterocycles. The summed E-state index contributed by atoms with van der Waals surface area (Å²) in [5.41, 5.74) is 2.98. The average Bonchev–Trinajstić information content (AvgIpc) is 2.46. The molecule has 1 fully saturated rings. The maximum absolute atomic E-state index is 9.85. The summed E-state index contributed by atoms with van der Waals surface area (Å²) in [7, 11) is 0. The molecule has 1 aliphatic carbocycles. The van der Waals surface area contributed by atoms with Crippen molar-refractivity contribution in [1.29, 1.82) is 0 Å². The Balaban J connectivity index is 1.89. The molecule has 0 unspecified atom stereocenters. The van der Waals surface area contributed by atoms with E-state index in [1.165, 1.54) is 11.1 Å². The highest BCUT2D eigenvalue weighted by molar-refractivity contribution is 5.44. The molecule has 3 atom stereocenters. The number of aromatic hydroxyl groups is 1. The topological polar surface area (TPSA) is 23.5 Å². The number of piperidine rings is 1. The van der Waals surface area contributed by atoms with E-state index in [4.69, 9.17) is 6.42 Å². The Morgan fingerprint density at radius 2 is 2.29 bits per heavy atom. The van der Waals surface area contributed by atoms with Gasteiger partial charge in [-0.2, -0.15) is 0 Å². The molecule has 2 nitrogen and oxygen atoms in total. The normalized spacial score (nSPS) is 31.5. The van der Waals surface area contributed by atoms with Crippen molar-refractivity contribution in [2.75, 3.05) is 13.1 Å². The molecule has 0 spiro atoms. The molecule has 112 valence electrons. The first-order valence-electron chi connectivity index (χ1n) is 8.06. The van der Waals surface area contributed by atoms with Crippen molar-refractivity contribution in [2.45, 2.75) is 51.0 Å². The molecule has 1 aromatic carbocycles. The van der Waals surface area contributed by atoms with Gasteiger partial charge in [-0.3, -0.25) is 4.90 Å². The largest absolute Gasteiger partial charge is 0.508 e. The van der Waals surface area contributed by atoms with Gasteiger partial charge in [0.1, 0.15) is 5.75 Å². The Labute approximate surface area is 128 Å². The number of phenols is 1. The van der Waals surface area contributed by atoms with Crippen LogP contribution < -0.4 is 0 Å². The van der Waals surface area contributed by atoms with E-state index in [-0.39, 0.29) is 5.41 Å². The van der Waals surface area contributed by atoms with Crippen LogP contribution in [-0.2, 0) is 11.8 Å². The predicted molar refractivity (Wildman–Crippen MR) is 86.4 cm³/mol. The molecule has 2 bridgehead atoms. The van der Waals surface area contributed by atoms with Gasteiger partial charge in [-0.1, -0.05) is 19.9 Å².